The smallest absolute Gasteiger partial charge is 0.266 e. The van der Waals surface area contributed by atoms with E-state index >= 15 is 0 Å². The Bertz CT molecular complexity index is 626. The maximum atomic E-state index is 12.6. The molecular formula is C20H27NOS2. The second-order valence-corrected chi connectivity index (χ2v) is 8.94. The number of nitrogens with zero attached hydrogens (tertiary/aromatic N) is 1. The quantitative estimate of drug-likeness (QED) is 0.365. The average molecular weight is 362 g/mol. The van der Waals surface area contributed by atoms with Crippen molar-refractivity contribution in [2.75, 3.05) is 6.54 Å². The molecule has 0 N–H and O–H groups in total. The fourth-order valence-electron chi connectivity index (χ4n) is 2.62. The van der Waals surface area contributed by atoms with Gasteiger partial charge in [0.15, 0.2) is 0 Å². The zero-order chi connectivity index (χ0) is 17.7. The van der Waals surface area contributed by atoms with Crippen LogP contribution >= 0.6 is 24.0 Å². The SMILES string of the molecule is CCCCCCN1C(=O)/C(=C/c2ccc(C(C)(C)C)cc2)SC1=S. The minimum atomic E-state index is 0.0568. The zero-order valence-corrected chi connectivity index (χ0v) is 16.7. The molecule has 1 aromatic carbocycles. The monoisotopic (exact) mass is 361 g/mol. The van der Waals surface area contributed by atoms with Gasteiger partial charge in [0.1, 0.15) is 4.32 Å². The van der Waals surface area contributed by atoms with Crippen LogP contribution in [0.4, 0.5) is 0 Å². The lowest BCUT2D eigenvalue weighted by atomic mass is 9.87. The van der Waals surface area contributed by atoms with Crippen LogP contribution in [0.3, 0.4) is 0 Å². The summed E-state index contributed by atoms with van der Waals surface area (Å²) in [4.78, 5) is 15.0. The van der Waals surface area contributed by atoms with Gasteiger partial charge < -0.3 is 0 Å². The normalized spacial score (nSPS) is 17.2. The summed E-state index contributed by atoms with van der Waals surface area (Å²) in [5.74, 6) is 0.0568. The Morgan fingerprint density at radius 2 is 1.79 bits per heavy atom. The molecular weight excluding hydrogens is 334 g/mol. The van der Waals surface area contributed by atoms with Crippen molar-refractivity contribution >= 4 is 40.3 Å². The van der Waals surface area contributed by atoms with Gasteiger partial charge in [0.25, 0.3) is 5.91 Å². The van der Waals surface area contributed by atoms with Crippen molar-refractivity contribution in [3.05, 3.63) is 40.3 Å². The summed E-state index contributed by atoms with van der Waals surface area (Å²) in [6, 6.07) is 8.43. The first-order chi connectivity index (χ1) is 11.3. The summed E-state index contributed by atoms with van der Waals surface area (Å²) in [5.41, 5.74) is 2.48. The van der Waals surface area contributed by atoms with Crippen molar-refractivity contribution in [2.24, 2.45) is 0 Å². The Kier molecular flexibility index (Phi) is 6.64. The number of carbonyl (C=O) groups excluding carboxylic acids is 1. The Balaban J connectivity index is 2.05. The lowest BCUT2D eigenvalue weighted by molar-refractivity contribution is -0.122. The van der Waals surface area contributed by atoms with Crippen LogP contribution in [-0.2, 0) is 10.2 Å². The molecule has 0 bridgehead atoms. The maximum absolute atomic E-state index is 12.6. The maximum Gasteiger partial charge on any atom is 0.266 e. The standard InChI is InChI=1S/C20H27NOS2/c1-5-6-7-8-13-21-18(22)17(24-19(21)23)14-15-9-11-16(12-10-15)20(2,3)4/h9-12,14H,5-8,13H2,1-4H3/b17-14-. The fourth-order valence-corrected chi connectivity index (χ4v) is 3.93. The van der Waals surface area contributed by atoms with E-state index in [2.05, 4.69) is 52.0 Å². The Labute approximate surface area is 155 Å². The van der Waals surface area contributed by atoms with Crippen molar-refractivity contribution in [1.82, 2.24) is 4.90 Å². The molecule has 0 unspecified atom stereocenters. The van der Waals surface area contributed by atoms with Crippen LogP contribution in [0.25, 0.3) is 6.08 Å². The molecule has 1 aliphatic rings. The molecule has 2 nitrogen and oxygen atoms in total. The van der Waals surface area contributed by atoms with Crippen LogP contribution in [0.5, 0.6) is 0 Å². The van der Waals surface area contributed by atoms with Crippen LogP contribution in [0.15, 0.2) is 29.2 Å². The highest BCUT2D eigenvalue weighted by Crippen LogP contribution is 2.33. The van der Waals surface area contributed by atoms with Gasteiger partial charge in [-0.1, -0.05) is 95.2 Å². The van der Waals surface area contributed by atoms with Gasteiger partial charge in [-0.3, -0.25) is 9.69 Å². The Morgan fingerprint density at radius 3 is 2.38 bits per heavy atom. The molecule has 130 valence electrons. The molecule has 0 saturated carbocycles. The van der Waals surface area contributed by atoms with E-state index < -0.39 is 0 Å². The van der Waals surface area contributed by atoms with Gasteiger partial charge in [-0.25, -0.2) is 0 Å². The first kappa shape index (κ1) is 19.2. The minimum Gasteiger partial charge on any atom is -0.293 e. The van der Waals surface area contributed by atoms with Crippen LogP contribution in [-0.4, -0.2) is 21.7 Å². The summed E-state index contributed by atoms with van der Waals surface area (Å²) < 4.78 is 0.689. The molecule has 0 aliphatic carbocycles. The number of thiocarbonyl (C=S) groups is 1. The lowest BCUT2D eigenvalue weighted by Gasteiger charge is -2.18. The van der Waals surface area contributed by atoms with Crippen LogP contribution in [0.2, 0.25) is 0 Å². The second kappa shape index (κ2) is 8.30. The molecule has 1 amide bonds. The third-order valence-electron chi connectivity index (χ3n) is 4.18. The first-order valence-corrected chi connectivity index (χ1v) is 9.91. The summed E-state index contributed by atoms with van der Waals surface area (Å²) in [6.45, 7) is 9.53. The van der Waals surface area contributed by atoms with E-state index in [9.17, 15) is 4.79 Å². The summed E-state index contributed by atoms with van der Waals surface area (Å²) in [5, 5.41) is 0. The van der Waals surface area contributed by atoms with E-state index in [1.807, 2.05) is 6.08 Å². The van der Waals surface area contributed by atoms with Crippen LogP contribution < -0.4 is 0 Å². The number of rotatable bonds is 6. The number of hydrogen-bond donors (Lipinski definition) is 0. The largest absolute Gasteiger partial charge is 0.293 e. The molecule has 2 rings (SSSR count). The lowest BCUT2D eigenvalue weighted by Crippen LogP contribution is -2.28. The van der Waals surface area contributed by atoms with E-state index in [1.165, 1.54) is 30.2 Å². The molecule has 0 aromatic heterocycles. The highest BCUT2D eigenvalue weighted by Gasteiger charge is 2.31. The molecule has 0 spiro atoms. The molecule has 0 atom stereocenters. The molecule has 4 heteroatoms. The highest BCUT2D eigenvalue weighted by molar-refractivity contribution is 8.26. The molecule has 0 radical (unpaired) electrons. The number of hydrogen-bond acceptors (Lipinski definition) is 3. The molecule has 1 heterocycles. The summed E-state index contributed by atoms with van der Waals surface area (Å²) in [6.07, 6.45) is 6.54. The first-order valence-electron chi connectivity index (χ1n) is 8.69. The predicted molar refractivity (Wildman–Crippen MR) is 109 cm³/mol. The minimum absolute atomic E-state index is 0.0568. The van der Waals surface area contributed by atoms with E-state index in [1.54, 1.807) is 4.90 Å². The van der Waals surface area contributed by atoms with Gasteiger partial charge in [0.05, 0.1) is 4.91 Å². The van der Waals surface area contributed by atoms with Crippen molar-refractivity contribution in [3.8, 4) is 0 Å². The zero-order valence-electron chi connectivity index (χ0n) is 15.1. The van der Waals surface area contributed by atoms with Crippen molar-refractivity contribution in [1.29, 1.82) is 0 Å². The second-order valence-electron chi connectivity index (χ2n) is 7.27. The van der Waals surface area contributed by atoms with Gasteiger partial charge >= 0.3 is 0 Å². The number of unbranched alkanes of at least 4 members (excludes halogenated alkanes) is 3. The molecule has 1 aromatic rings. The third kappa shape index (κ3) is 4.93. The Morgan fingerprint density at radius 1 is 1.12 bits per heavy atom. The molecule has 24 heavy (non-hydrogen) atoms. The van der Waals surface area contributed by atoms with Gasteiger partial charge in [-0.2, -0.15) is 0 Å². The number of carbonyl (C=O) groups is 1. The van der Waals surface area contributed by atoms with E-state index in [-0.39, 0.29) is 11.3 Å². The van der Waals surface area contributed by atoms with Crippen LogP contribution in [0.1, 0.15) is 64.5 Å². The number of thioether (sulfide) groups is 1. The highest BCUT2D eigenvalue weighted by atomic mass is 32.2. The van der Waals surface area contributed by atoms with Crippen LogP contribution in [0, 0.1) is 0 Å². The van der Waals surface area contributed by atoms with Crippen molar-refractivity contribution < 1.29 is 4.79 Å². The summed E-state index contributed by atoms with van der Waals surface area (Å²) in [7, 11) is 0. The third-order valence-corrected chi connectivity index (χ3v) is 5.56. The fraction of sp³-hybridized carbons (Fsp3) is 0.500. The predicted octanol–water partition coefficient (Wildman–Crippen LogP) is 5.77. The van der Waals surface area contributed by atoms with Crippen molar-refractivity contribution in [2.45, 2.75) is 58.8 Å². The van der Waals surface area contributed by atoms with E-state index in [4.69, 9.17) is 12.2 Å². The van der Waals surface area contributed by atoms with Gasteiger partial charge in [-0.15, -0.1) is 0 Å². The number of amides is 1. The van der Waals surface area contributed by atoms with E-state index in [0.717, 1.165) is 29.9 Å². The summed E-state index contributed by atoms with van der Waals surface area (Å²) >= 11 is 6.80. The Hall–Kier alpha value is -1.13. The van der Waals surface area contributed by atoms with Gasteiger partial charge in [0.2, 0.25) is 0 Å². The molecule has 1 saturated heterocycles. The number of benzene rings is 1. The molecule has 1 aliphatic heterocycles. The molecule has 1 fully saturated rings. The van der Waals surface area contributed by atoms with Gasteiger partial charge in [0, 0.05) is 6.54 Å². The van der Waals surface area contributed by atoms with Gasteiger partial charge in [-0.05, 0) is 29.0 Å². The van der Waals surface area contributed by atoms with E-state index in [0.29, 0.717) is 4.32 Å². The van der Waals surface area contributed by atoms with Crippen molar-refractivity contribution in [3.63, 3.8) is 0 Å². The average Bonchev–Trinajstić information content (AvgIpc) is 2.78. The topological polar surface area (TPSA) is 20.3 Å².